The summed E-state index contributed by atoms with van der Waals surface area (Å²) in [7, 11) is 0. The molecule has 0 aromatic carbocycles. The van der Waals surface area contributed by atoms with Crippen LogP contribution in [0, 0.1) is 11.3 Å². The van der Waals surface area contributed by atoms with Gasteiger partial charge in [0.05, 0.1) is 16.7 Å². The Morgan fingerprint density at radius 1 is 1.23 bits per heavy atom. The molecule has 1 amide bonds. The predicted molar refractivity (Wildman–Crippen MR) is 102 cm³/mol. The second kappa shape index (κ2) is 6.43. The number of pyridine rings is 2. The van der Waals surface area contributed by atoms with Crippen LogP contribution in [-0.4, -0.2) is 20.9 Å². The van der Waals surface area contributed by atoms with Crippen LogP contribution < -0.4 is 5.32 Å². The monoisotopic (exact) mass is 359 g/mol. The first-order chi connectivity index (χ1) is 12.7. The van der Waals surface area contributed by atoms with Gasteiger partial charge >= 0.3 is 0 Å². The van der Waals surface area contributed by atoms with E-state index >= 15 is 0 Å². The van der Waals surface area contributed by atoms with Crippen molar-refractivity contribution in [2.75, 3.05) is 5.32 Å². The van der Waals surface area contributed by atoms with E-state index in [-0.39, 0.29) is 5.91 Å². The molecule has 0 unspecified atom stereocenters. The Morgan fingerprint density at radius 2 is 2.12 bits per heavy atom. The Labute approximate surface area is 153 Å². The molecule has 126 valence electrons. The number of hydrogen-bond donors (Lipinski definition) is 2. The highest BCUT2D eigenvalue weighted by molar-refractivity contribution is 7.16. The number of aromatic amines is 1. The minimum Gasteiger partial charge on any atom is -0.353 e. The van der Waals surface area contributed by atoms with Crippen molar-refractivity contribution in [2.24, 2.45) is 0 Å². The fourth-order valence-corrected chi connectivity index (χ4v) is 3.70. The number of carbonyl (C=O) groups excluding carboxylic acids is 1. The molecule has 6 nitrogen and oxygen atoms in total. The maximum atomic E-state index is 11.3. The quantitative estimate of drug-likeness (QED) is 0.573. The summed E-state index contributed by atoms with van der Waals surface area (Å²) in [4.78, 5) is 25.0. The van der Waals surface area contributed by atoms with Crippen molar-refractivity contribution >= 4 is 34.1 Å². The van der Waals surface area contributed by atoms with Crippen molar-refractivity contribution in [1.29, 1.82) is 5.26 Å². The van der Waals surface area contributed by atoms with Crippen LogP contribution in [0.5, 0.6) is 0 Å². The topological polar surface area (TPSA) is 94.5 Å². The van der Waals surface area contributed by atoms with Gasteiger partial charge in [-0.15, -0.1) is 11.3 Å². The van der Waals surface area contributed by atoms with Crippen molar-refractivity contribution in [1.82, 2.24) is 15.0 Å². The fraction of sp³-hybridized carbons (Fsp3) is 0.0526. The van der Waals surface area contributed by atoms with Gasteiger partial charge in [0, 0.05) is 35.3 Å². The molecule has 4 heterocycles. The van der Waals surface area contributed by atoms with Crippen LogP contribution in [0.15, 0.2) is 48.8 Å². The van der Waals surface area contributed by atoms with Crippen molar-refractivity contribution in [3.05, 3.63) is 53.7 Å². The van der Waals surface area contributed by atoms with Crippen LogP contribution >= 0.6 is 11.3 Å². The Bertz CT molecular complexity index is 1170. The zero-order chi connectivity index (χ0) is 18.1. The van der Waals surface area contributed by atoms with Gasteiger partial charge in [0.15, 0.2) is 0 Å². The molecule has 0 spiro atoms. The molecule has 0 saturated carbocycles. The van der Waals surface area contributed by atoms with Crippen molar-refractivity contribution in [2.45, 2.75) is 6.92 Å². The molecule has 0 bridgehead atoms. The van der Waals surface area contributed by atoms with Crippen LogP contribution in [0.2, 0.25) is 0 Å². The lowest BCUT2D eigenvalue weighted by Gasteiger charge is -2.06. The van der Waals surface area contributed by atoms with Gasteiger partial charge in [-0.2, -0.15) is 5.26 Å². The predicted octanol–water partition coefficient (Wildman–Crippen LogP) is 4.18. The van der Waals surface area contributed by atoms with E-state index in [2.05, 4.69) is 26.3 Å². The third-order valence-electron chi connectivity index (χ3n) is 3.87. The number of fused-ring (bicyclic) bond motifs is 1. The van der Waals surface area contributed by atoms with Gasteiger partial charge in [0.1, 0.15) is 16.8 Å². The lowest BCUT2D eigenvalue weighted by molar-refractivity contribution is -0.114. The number of aromatic nitrogens is 3. The summed E-state index contributed by atoms with van der Waals surface area (Å²) in [6.07, 6.45) is 3.40. The minimum absolute atomic E-state index is 0.176. The van der Waals surface area contributed by atoms with Crippen LogP contribution in [0.4, 0.5) is 5.82 Å². The highest BCUT2D eigenvalue weighted by Crippen LogP contribution is 2.40. The molecule has 0 saturated heterocycles. The first-order valence-electron chi connectivity index (χ1n) is 7.86. The highest BCUT2D eigenvalue weighted by Gasteiger charge is 2.18. The smallest absolute Gasteiger partial charge is 0.222 e. The molecule has 4 aromatic rings. The molecule has 4 rings (SSSR count). The van der Waals surface area contributed by atoms with E-state index in [1.807, 2.05) is 30.3 Å². The number of nitriles is 1. The zero-order valence-corrected chi connectivity index (χ0v) is 14.6. The standard InChI is InChI=1S/C19H13N5OS/c1-11(25)23-16-9-12(6-8-21-16)18-17(15-5-4-13(10-20)26-15)19-14(24-18)3-2-7-22-19/h2-9,24H,1H3,(H,21,23,25). The molecule has 2 N–H and O–H groups in total. The molecule has 0 atom stereocenters. The first-order valence-corrected chi connectivity index (χ1v) is 8.68. The minimum atomic E-state index is -0.176. The van der Waals surface area contributed by atoms with Crippen molar-refractivity contribution < 1.29 is 4.79 Å². The van der Waals surface area contributed by atoms with E-state index < -0.39 is 0 Å². The summed E-state index contributed by atoms with van der Waals surface area (Å²) in [5.41, 5.74) is 4.43. The third-order valence-corrected chi connectivity index (χ3v) is 4.88. The zero-order valence-electron chi connectivity index (χ0n) is 13.8. The largest absolute Gasteiger partial charge is 0.353 e. The molecule has 0 fully saturated rings. The molecule has 0 aliphatic carbocycles. The second-order valence-corrected chi connectivity index (χ2v) is 6.74. The molecule has 0 aliphatic heterocycles. The first kappa shape index (κ1) is 16.0. The van der Waals surface area contributed by atoms with E-state index in [1.54, 1.807) is 18.5 Å². The van der Waals surface area contributed by atoms with Crippen LogP contribution in [0.3, 0.4) is 0 Å². The molecule has 7 heteroatoms. The summed E-state index contributed by atoms with van der Waals surface area (Å²) in [6, 6.07) is 13.4. The lowest BCUT2D eigenvalue weighted by Crippen LogP contribution is -2.07. The van der Waals surface area contributed by atoms with E-state index in [9.17, 15) is 4.79 Å². The Kier molecular flexibility index (Phi) is 3.95. The number of amides is 1. The van der Waals surface area contributed by atoms with Crippen LogP contribution in [0.25, 0.3) is 32.7 Å². The number of nitrogens with zero attached hydrogens (tertiary/aromatic N) is 3. The molecule has 26 heavy (non-hydrogen) atoms. The fourth-order valence-electron chi connectivity index (χ4n) is 2.84. The van der Waals surface area contributed by atoms with Crippen molar-refractivity contribution in [3.8, 4) is 27.8 Å². The molecule has 4 aromatic heterocycles. The van der Waals surface area contributed by atoms with E-state index in [0.29, 0.717) is 10.7 Å². The van der Waals surface area contributed by atoms with Crippen LogP contribution in [0.1, 0.15) is 11.8 Å². The molecule has 0 radical (unpaired) electrons. The summed E-state index contributed by atoms with van der Waals surface area (Å²) < 4.78 is 0. The normalized spacial score (nSPS) is 10.6. The van der Waals surface area contributed by atoms with Gasteiger partial charge in [0.25, 0.3) is 0 Å². The van der Waals surface area contributed by atoms with E-state index in [4.69, 9.17) is 5.26 Å². The van der Waals surface area contributed by atoms with Gasteiger partial charge in [-0.1, -0.05) is 0 Å². The average molecular weight is 359 g/mol. The maximum Gasteiger partial charge on any atom is 0.222 e. The number of anilines is 1. The van der Waals surface area contributed by atoms with E-state index in [0.717, 1.165) is 32.7 Å². The van der Waals surface area contributed by atoms with Gasteiger partial charge in [-0.3, -0.25) is 9.78 Å². The third kappa shape index (κ3) is 2.83. The molecule has 0 aliphatic rings. The number of thiophene rings is 1. The Balaban J connectivity index is 1.94. The summed E-state index contributed by atoms with van der Waals surface area (Å²) in [5.74, 6) is 0.307. The number of rotatable bonds is 3. The van der Waals surface area contributed by atoms with Gasteiger partial charge < -0.3 is 10.3 Å². The SMILES string of the molecule is CC(=O)Nc1cc(-c2[nH]c3cccnc3c2-c2ccc(C#N)s2)ccn1. The van der Waals surface area contributed by atoms with Crippen molar-refractivity contribution in [3.63, 3.8) is 0 Å². The maximum absolute atomic E-state index is 11.3. The van der Waals surface area contributed by atoms with Gasteiger partial charge in [0.2, 0.25) is 5.91 Å². The summed E-state index contributed by atoms with van der Waals surface area (Å²) in [6.45, 7) is 1.45. The number of hydrogen-bond acceptors (Lipinski definition) is 5. The Morgan fingerprint density at radius 3 is 2.88 bits per heavy atom. The number of carbonyl (C=O) groups is 1. The highest BCUT2D eigenvalue weighted by atomic mass is 32.1. The number of H-pyrrole nitrogens is 1. The molecular weight excluding hydrogens is 346 g/mol. The van der Waals surface area contributed by atoms with Gasteiger partial charge in [-0.25, -0.2) is 4.98 Å². The van der Waals surface area contributed by atoms with Gasteiger partial charge in [-0.05, 0) is 36.4 Å². The Hall–Kier alpha value is -3.50. The van der Waals surface area contributed by atoms with Crippen LogP contribution in [-0.2, 0) is 4.79 Å². The van der Waals surface area contributed by atoms with E-state index in [1.165, 1.54) is 18.3 Å². The summed E-state index contributed by atoms with van der Waals surface area (Å²) >= 11 is 1.42. The number of nitrogens with one attached hydrogen (secondary N) is 2. The average Bonchev–Trinajstić information content (AvgIpc) is 3.25. The second-order valence-electron chi connectivity index (χ2n) is 5.66. The molecular formula is C19H13N5OS. The lowest BCUT2D eigenvalue weighted by atomic mass is 10.1. The summed E-state index contributed by atoms with van der Waals surface area (Å²) in [5, 5.41) is 11.9.